The molecule has 0 spiro atoms. The Balaban J connectivity index is 1.25. The molecule has 1 saturated heterocycles. The van der Waals surface area contributed by atoms with Crippen molar-refractivity contribution in [3.63, 3.8) is 0 Å². The quantitative estimate of drug-likeness (QED) is 0.443. The second kappa shape index (κ2) is 11.3. The minimum absolute atomic E-state index is 0.0212. The Morgan fingerprint density at radius 1 is 1.11 bits per heavy atom. The summed E-state index contributed by atoms with van der Waals surface area (Å²) >= 11 is 0. The fraction of sp³-hybridized carbons (Fsp3) is 0.280. The number of carbonyl (C=O) groups excluding carboxylic acids is 2. The maximum atomic E-state index is 13.1. The molecule has 182 valence electrons. The van der Waals surface area contributed by atoms with E-state index in [0.717, 1.165) is 37.3 Å². The van der Waals surface area contributed by atoms with Gasteiger partial charge in [-0.25, -0.2) is 19.0 Å². The molecule has 2 amide bonds. The number of urea groups is 1. The highest BCUT2D eigenvalue weighted by atomic mass is 19.1. The van der Waals surface area contributed by atoms with Gasteiger partial charge in [-0.2, -0.15) is 4.98 Å². The van der Waals surface area contributed by atoms with E-state index in [0.29, 0.717) is 23.7 Å². The molecule has 9 nitrogen and oxygen atoms in total. The van der Waals surface area contributed by atoms with Gasteiger partial charge in [-0.1, -0.05) is 18.2 Å². The SMILES string of the molecule is COC(=O)c1cccc(NC(=O)NC2CCN(c3ccnc(NCc4ccc(F)cc4)n3)CC2)c1. The predicted octanol–water partition coefficient (Wildman–Crippen LogP) is 3.80. The van der Waals surface area contributed by atoms with Crippen molar-refractivity contribution >= 4 is 29.5 Å². The minimum Gasteiger partial charge on any atom is -0.465 e. The highest BCUT2D eigenvalue weighted by molar-refractivity contribution is 5.93. The molecule has 2 heterocycles. The minimum atomic E-state index is -0.458. The number of ether oxygens (including phenoxy) is 1. The third kappa shape index (κ3) is 6.66. The number of carbonyl (C=O) groups is 2. The van der Waals surface area contributed by atoms with Crippen LogP contribution in [0.5, 0.6) is 0 Å². The van der Waals surface area contributed by atoms with Crippen LogP contribution in [0, 0.1) is 5.82 Å². The van der Waals surface area contributed by atoms with Gasteiger partial charge in [0, 0.05) is 37.6 Å². The zero-order chi connectivity index (χ0) is 24.6. The molecule has 0 bridgehead atoms. The second-order valence-electron chi connectivity index (χ2n) is 8.15. The van der Waals surface area contributed by atoms with Gasteiger partial charge in [0.2, 0.25) is 5.95 Å². The van der Waals surface area contributed by atoms with Crippen LogP contribution in [0.2, 0.25) is 0 Å². The molecule has 0 radical (unpaired) electrons. The molecule has 0 unspecified atom stereocenters. The highest BCUT2D eigenvalue weighted by Crippen LogP contribution is 2.19. The number of methoxy groups -OCH3 is 1. The third-order valence-electron chi connectivity index (χ3n) is 5.70. The van der Waals surface area contributed by atoms with Gasteiger partial charge < -0.3 is 25.6 Å². The Hall–Kier alpha value is -4.21. The molecule has 3 aromatic rings. The molecule has 1 aromatic heterocycles. The van der Waals surface area contributed by atoms with Crippen molar-refractivity contribution in [2.24, 2.45) is 0 Å². The number of aromatic nitrogens is 2. The van der Waals surface area contributed by atoms with Crippen molar-refractivity contribution in [3.8, 4) is 0 Å². The van der Waals surface area contributed by atoms with Crippen molar-refractivity contribution in [1.82, 2.24) is 15.3 Å². The van der Waals surface area contributed by atoms with Gasteiger partial charge >= 0.3 is 12.0 Å². The lowest BCUT2D eigenvalue weighted by Crippen LogP contribution is -2.46. The van der Waals surface area contributed by atoms with Gasteiger partial charge in [0.05, 0.1) is 12.7 Å². The summed E-state index contributed by atoms with van der Waals surface area (Å²) < 4.78 is 17.8. The van der Waals surface area contributed by atoms with E-state index in [-0.39, 0.29) is 17.9 Å². The number of anilines is 3. The third-order valence-corrected chi connectivity index (χ3v) is 5.70. The largest absolute Gasteiger partial charge is 0.465 e. The van der Waals surface area contributed by atoms with E-state index in [1.54, 1.807) is 42.6 Å². The molecule has 3 N–H and O–H groups in total. The lowest BCUT2D eigenvalue weighted by atomic mass is 10.1. The number of benzene rings is 2. The lowest BCUT2D eigenvalue weighted by Gasteiger charge is -2.33. The normalized spacial score (nSPS) is 13.7. The smallest absolute Gasteiger partial charge is 0.337 e. The van der Waals surface area contributed by atoms with Gasteiger partial charge in [0.1, 0.15) is 11.6 Å². The van der Waals surface area contributed by atoms with Crippen molar-refractivity contribution in [2.45, 2.75) is 25.4 Å². The Kier molecular flexibility index (Phi) is 7.71. The molecule has 1 aliphatic rings. The summed E-state index contributed by atoms with van der Waals surface area (Å²) in [6.45, 7) is 1.96. The van der Waals surface area contributed by atoms with Crippen molar-refractivity contribution in [2.75, 3.05) is 35.7 Å². The fourth-order valence-electron chi connectivity index (χ4n) is 3.84. The molecule has 1 fully saturated rings. The summed E-state index contributed by atoms with van der Waals surface area (Å²) in [5, 5.41) is 8.93. The average molecular weight is 479 g/mol. The number of hydrogen-bond acceptors (Lipinski definition) is 7. The number of piperidine rings is 1. The van der Waals surface area contributed by atoms with Crippen LogP contribution in [0.3, 0.4) is 0 Å². The number of nitrogens with one attached hydrogen (secondary N) is 3. The fourth-order valence-corrected chi connectivity index (χ4v) is 3.84. The standard InChI is InChI=1S/C25H27FN6O3/c1-35-23(33)18-3-2-4-21(15-18)30-25(34)29-20-10-13-32(14-11-20)22-9-12-27-24(31-22)28-16-17-5-7-19(26)8-6-17/h2-9,12,15,20H,10-11,13-14,16H2,1H3,(H,27,28,31)(H2,29,30,34). The number of nitrogens with zero attached hydrogens (tertiary/aromatic N) is 3. The zero-order valence-electron chi connectivity index (χ0n) is 19.3. The molecule has 10 heteroatoms. The topological polar surface area (TPSA) is 108 Å². The molecule has 0 aliphatic carbocycles. The summed E-state index contributed by atoms with van der Waals surface area (Å²) in [7, 11) is 1.31. The van der Waals surface area contributed by atoms with E-state index in [9.17, 15) is 14.0 Å². The second-order valence-corrected chi connectivity index (χ2v) is 8.15. The van der Waals surface area contributed by atoms with Crippen molar-refractivity contribution < 1.29 is 18.7 Å². The van der Waals surface area contributed by atoms with Crippen LogP contribution in [0.1, 0.15) is 28.8 Å². The van der Waals surface area contributed by atoms with Crippen LogP contribution < -0.4 is 20.9 Å². The first-order chi connectivity index (χ1) is 17.0. The maximum Gasteiger partial charge on any atom is 0.337 e. The number of hydrogen-bond donors (Lipinski definition) is 3. The molecule has 0 saturated carbocycles. The molecular weight excluding hydrogens is 451 g/mol. The van der Waals surface area contributed by atoms with Gasteiger partial charge in [-0.05, 0) is 54.8 Å². The molecule has 4 rings (SSSR count). The Morgan fingerprint density at radius 3 is 2.63 bits per heavy atom. The van der Waals surface area contributed by atoms with Crippen LogP contribution in [0.25, 0.3) is 0 Å². The Labute approximate surface area is 202 Å². The first-order valence-corrected chi connectivity index (χ1v) is 11.3. The first kappa shape index (κ1) is 23.9. The molecular formula is C25H27FN6O3. The van der Waals surface area contributed by atoms with Crippen molar-refractivity contribution in [3.05, 3.63) is 77.7 Å². The number of esters is 1. The summed E-state index contributed by atoms with van der Waals surface area (Å²) in [6, 6.07) is 14.4. The lowest BCUT2D eigenvalue weighted by molar-refractivity contribution is 0.0600. The van der Waals surface area contributed by atoms with Crippen LogP contribution in [0.4, 0.5) is 26.6 Å². The van der Waals surface area contributed by atoms with E-state index < -0.39 is 5.97 Å². The summed E-state index contributed by atoms with van der Waals surface area (Å²) in [5.74, 6) is 0.583. The van der Waals surface area contributed by atoms with Gasteiger partial charge in [-0.15, -0.1) is 0 Å². The van der Waals surface area contributed by atoms with E-state index in [1.807, 2.05) is 6.07 Å². The molecule has 35 heavy (non-hydrogen) atoms. The summed E-state index contributed by atoms with van der Waals surface area (Å²) in [5.41, 5.74) is 1.82. The number of amides is 2. The summed E-state index contributed by atoms with van der Waals surface area (Å²) in [6.07, 6.45) is 3.23. The van der Waals surface area contributed by atoms with Crippen LogP contribution in [0.15, 0.2) is 60.8 Å². The highest BCUT2D eigenvalue weighted by Gasteiger charge is 2.22. The first-order valence-electron chi connectivity index (χ1n) is 11.3. The summed E-state index contributed by atoms with van der Waals surface area (Å²) in [4.78, 5) is 35.1. The Bertz CT molecular complexity index is 1170. The predicted molar refractivity (Wildman–Crippen MR) is 131 cm³/mol. The van der Waals surface area contributed by atoms with E-state index in [2.05, 4.69) is 30.8 Å². The maximum absolute atomic E-state index is 13.1. The van der Waals surface area contributed by atoms with E-state index in [1.165, 1.54) is 19.2 Å². The van der Waals surface area contributed by atoms with E-state index in [4.69, 9.17) is 4.74 Å². The van der Waals surface area contributed by atoms with Crippen LogP contribution in [-0.2, 0) is 11.3 Å². The van der Waals surface area contributed by atoms with Crippen molar-refractivity contribution in [1.29, 1.82) is 0 Å². The Morgan fingerprint density at radius 2 is 1.89 bits per heavy atom. The van der Waals surface area contributed by atoms with E-state index >= 15 is 0 Å². The van der Waals surface area contributed by atoms with Gasteiger partial charge in [0.15, 0.2) is 0 Å². The number of rotatable bonds is 7. The number of halogens is 1. The van der Waals surface area contributed by atoms with Crippen LogP contribution >= 0.6 is 0 Å². The van der Waals surface area contributed by atoms with Gasteiger partial charge in [0.25, 0.3) is 0 Å². The zero-order valence-corrected chi connectivity index (χ0v) is 19.3. The monoisotopic (exact) mass is 478 g/mol. The molecule has 1 aliphatic heterocycles. The van der Waals surface area contributed by atoms with Crippen LogP contribution in [-0.4, -0.2) is 48.2 Å². The van der Waals surface area contributed by atoms with Gasteiger partial charge in [-0.3, -0.25) is 0 Å². The molecule has 2 aromatic carbocycles. The average Bonchev–Trinajstić information content (AvgIpc) is 2.88. The molecule has 0 atom stereocenters.